The van der Waals surface area contributed by atoms with Crippen LogP contribution in [-0.2, 0) is 4.79 Å². The molecule has 0 heterocycles. The van der Waals surface area contributed by atoms with Crippen LogP contribution in [-0.4, -0.2) is 29.3 Å². The molecule has 4 nitrogen and oxygen atoms in total. The van der Waals surface area contributed by atoms with Gasteiger partial charge in [0.2, 0.25) is 0 Å². The minimum Gasteiger partial charge on any atom is -0.483 e. The smallest absolute Gasteiger partial charge is 0.258 e. The molecule has 0 saturated heterocycles. The maximum Gasteiger partial charge on any atom is 0.258 e. The molecule has 0 aliphatic carbocycles. The van der Waals surface area contributed by atoms with E-state index in [9.17, 15) is 9.90 Å². The van der Waals surface area contributed by atoms with Crippen molar-refractivity contribution >= 4 is 5.91 Å². The second-order valence-corrected chi connectivity index (χ2v) is 5.46. The first-order valence-corrected chi connectivity index (χ1v) is 6.42. The van der Waals surface area contributed by atoms with Crippen molar-refractivity contribution in [2.24, 2.45) is 0 Å². The average Bonchev–Trinajstić information content (AvgIpc) is 2.27. The van der Waals surface area contributed by atoms with Gasteiger partial charge in [-0.05, 0) is 45.7 Å². The summed E-state index contributed by atoms with van der Waals surface area (Å²) in [6.45, 7) is 9.03. The van der Waals surface area contributed by atoms with Gasteiger partial charge in [0.25, 0.3) is 5.91 Å². The van der Waals surface area contributed by atoms with E-state index >= 15 is 0 Å². The van der Waals surface area contributed by atoms with Crippen molar-refractivity contribution in [1.82, 2.24) is 5.32 Å². The molecule has 1 atom stereocenters. The van der Waals surface area contributed by atoms with Gasteiger partial charge >= 0.3 is 0 Å². The molecule has 106 valence electrons. The standard InChI is InChI=1S/C15H23NO3/c1-10-7-6-8-11(2)14(10)19-9-13(18)16-15(4,5)12(3)17/h6-8,12,17H,9H2,1-5H3,(H,16,18). The minimum absolute atomic E-state index is 0.0537. The Morgan fingerprint density at radius 2 is 1.89 bits per heavy atom. The zero-order chi connectivity index (χ0) is 14.6. The van der Waals surface area contributed by atoms with Crippen LogP contribution < -0.4 is 10.1 Å². The zero-order valence-corrected chi connectivity index (χ0v) is 12.3. The van der Waals surface area contributed by atoms with E-state index in [1.807, 2.05) is 32.0 Å². The molecule has 4 heteroatoms. The van der Waals surface area contributed by atoms with E-state index in [0.717, 1.165) is 16.9 Å². The highest BCUT2D eigenvalue weighted by atomic mass is 16.5. The summed E-state index contributed by atoms with van der Waals surface area (Å²) in [5.41, 5.74) is 1.34. The summed E-state index contributed by atoms with van der Waals surface area (Å²) in [5, 5.41) is 12.3. The van der Waals surface area contributed by atoms with Gasteiger partial charge in [-0.1, -0.05) is 18.2 Å². The molecule has 19 heavy (non-hydrogen) atoms. The summed E-state index contributed by atoms with van der Waals surface area (Å²) in [7, 11) is 0. The first kappa shape index (κ1) is 15.5. The normalized spacial score (nSPS) is 12.9. The van der Waals surface area contributed by atoms with E-state index < -0.39 is 11.6 Å². The quantitative estimate of drug-likeness (QED) is 0.855. The number of rotatable bonds is 5. The number of nitrogens with one attached hydrogen (secondary N) is 1. The summed E-state index contributed by atoms with van der Waals surface area (Å²) in [6, 6.07) is 5.84. The molecule has 0 aliphatic heterocycles. The van der Waals surface area contributed by atoms with E-state index in [4.69, 9.17) is 4.74 Å². The summed E-state index contributed by atoms with van der Waals surface area (Å²) in [5.74, 6) is 0.501. The van der Waals surface area contributed by atoms with Gasteiger partial charge in [0.1, 0.15) is 5.75 Å². The predicted molar refractivity (Wildman–Crippen MR) is 75.3 cm³/mol. The largest absolute Gasteiger partial charge is 0.483 e. The first-order chi connectivity index (χ1) is 8.74. The monoisotopic (exact) mass is 265 g/mol. The Morgan fingerprint density at radius 3 is 2.37 bits per heavy atom. The molecule has 1 rings (SSSR count). The van der Waals surface area contributed by atoms with Crippen molar-refractivity contribution in [3.8, 4) is 5.75 Å². The van der Waals surface area contributed by atoms with Gasteiger partial charge in [-0.25, -0.2) is 0 Å². The predicted octanol–water partition coefficient (Wildman–Crippen LogP) is 1.96. The third-order valence-electron chi connectivity index (χ3n) is 3.26. The number of benzene rings is 1. The molecule has 0 spiro atoms. The summed E-state index contributed by atoms with van der Waals surface area (Å²) in [6.07, 6.45) is -0.628. The van der Waals surface area contributed by atoms with E-state index in [0.29, 0.717) is 0 Å². The molecule has 1 amide bonds. The Morgan fingerprint density at radius 1 is 1.37 bits per heavy atom. The van der Waals surface area contributed by atoms with E-state index in [1.54, 1.807) is 20.8 Å². The van der Waals surface area contributed by atoms with E-state index in [2.05, 4.69) is 5.32 Å². The van der Waals surface area contributed by atoms with Crippen LogP contribution in [0.2, 0.25) is 0 Å². The van der Waals surface area contributed by atoms with Crippen molar-refractivity contribution in [2.45, 2.75) is 46.3 Å². The molecular formula is C15H23NO3. The van der Waals surface area contributed by atoms with Gasteiger partial charge in [0.15, 0.2) is 6.61 Å². The lowest BCUT2D eigenvalue weighted by molar-refractivity contribution is -0.126. The molecule has 0 radical (unpaired) electrons. The topological polar surface area (TPSA) is 58.6 Å². The lowest BCUT2D eigenvalue weighted by Crippen LogP contribution is -2.52. The Balaban J connectivity index is 2.60. The lowest BCUT2D eigenvalue weighted by Gasteiger charge is -2.29. The average molecular weight is 265 g/mol. The highest BCUT2D eigenvalue weighted by Gasteiger charge is 2.26. The fourth-order valence-electron chi connectivity index (χ4n) is 1.66. The highest BCUT2D eigenvalue weighted by Crippen LogP contribution is 2.22. The summed E-state index contributed by atoms with van der Waals surface area (Å²) < 4.78 is 5.56. The number of para-hydroxylation sites is 1. The molecule has 2 N–H and O–H groups in total. The van der Waals surface area contributed by atoms with Crippen molar-refractivity contribution < 1.29 is 14.6 Å². The Labute approximate surface area is 114 Å². The maximum absolute atomic E-state index is 11.8. The van der Waals surface area contributed by atoms with Crippen LogP contribution >= 0.6 is 0 Å². The molecule has 0 fully saturated rings. The fourth-order valence-corrected chi connectivity index (χ4v) is 1.66. The number of hydrogen-bond donors (Lipinski definition) is 2. The molecule has 1 unspecified atom stereocenters. The molecule has 0 aromatic heterocycles. The van der Waals surface area contributed by atoms with Crippen LogP contribution in [0.1, 0.15) is 31.9 Å². The number of hydrogen-bond acceptors (Lipinski definition) is 3. The van der Waals surface area contributed by atoms with Crippen molar-refractivity contribution in [1.29, 1.82) is 0 Å². The van der Waals surface area contributed by atoms with Crippen LogP contribution in [0.4, 0.5) is 0 Å². The van der Waals surface area contributed by atoms with Gasteiger partial charge in [-0.15, -0.1) is 0 Å². The van der Waals surface area contributed by atoms with Crippen LogP contribution in [0.25, 0.3) is 0 Å². The van der Waals surface area contributed by atoms with Gasteiger partial charge in [0.05, 0.1) is 11.6 Å². The Hall–Kier alpha value is -1.55. The molecule has 1 aromatic rings. The molecular weight excluding hydrogens is 242 g/mol. The number of ether oxygens (including phenoxy) is 1. The van der Waals surface area contributed by atoms with Crippen molar-refractivity contribution in [3.05, 3.63) is 29.3 Å². The third kappa shape index (κ3) is 4.24. The van der Waals surface area contributed by atoms with Crippen LogP contribution in [0.3, 0.4) is 0 Å². The highest BCUT2D eigenvalue weighted by molar-refractivity contribution is 5.78. The number of amides is 1. The molecule has 0 bridgehead atoms. The molecule has 1 aromatic carbocycles. The van der Waals surface area contributed by atoms with E-state index in [-0.39, 0.29) is 12.5 Å². The minimum atomic E-state index is -0.665. The number of aliphatic hydroxyl groups excluding tert-OH is 1. The third-order valence-corrected chi connectivity index (χ3v) is 3.26. The second-order valence-electron chi connectivity index (χ2n) is 5.46. The molecule has 0 saturated carbocycles. The number of carbonyl (C=O) groups excluding carboxylic acids is 1. The van der Waals surface area contributed by atoms with Crippen molar-refractivity contribution in [3.63, 3.8) is 0 Å². The zero-order valence-electron chi connectivity index (χ0n) is 12.3. The first-order valence-electron chi connectivity index (χ1n) is 6.42. The number of carbonyl (C=O) groups is 1. The fraction of sp³-hybridized carbons (Fsp3) is 0.533. The number of aliphatic hydroxyl groups is 1. The maximum atomic E-state index is 11.8. The van der Waals surface area contributed by atoms with Gasteiger partial charge < -0.3 is 15.2 Å². The van der Waals surface area contributed by atoms with Crippen molar-refractivity contribution in [2.75, 3.05) is 6.61 Å². The Kier molecular flexibility index (Phi) is 4.95. The van der Waals surface area contributed by atoms with Crippen LogP contribution in [0.5, 0.6) is 5.75 Å². The summed E-state index contributed by atoms with van der Waals surface area (Å²) >= 11 is 0. The summed E-state index contributed by atoms with van der Waals surface area (Å²) in [4.78, 5) is 11.8. The van der Waals surface area contributed by atoms with Gasteiger partial charge in [0, 0.05) is 0 Å². The second kappa shape index (κ2) is 6.06. The van der Waals surface area contributed by atoms with Crippen LogP contribution in [0, 0.1) is 13.8 Å². The van der Waals surface area contributed by atoms with Gasteiger partial charge in [-0.3, -0.25) is 4.79 Å². The Bertz CT molecular complexity index is 432. The van der Waals surface area contributed by atoms with Gasteiger partial charge in [-0.2, -0.15) is 0 Å². The number of aryl methyl sites for hydroxylation is 2. The van der Waals surface area contributed by atoms with Crippen LogP contribution in [0.15, 0.2) is 18.2 Å². The lowest BCUT2D eigenvalue weighted by atomic mass is 9.99. The van der Waals surface area contributed by atoms with E-state index in [1.165, 1.54) is 0 Å². The molecule has 0 aliphatic rings. The SMILES string of the molecule is Cc1cccc(C)c1OCC(=O)NC(C)(C)C(C)O.